The lowest BCUT2D eigenvalue weighted by Gasteiger charge is -2.30. The molecular weight excluding hydrogens is 190 g/mol. The number of hydrogen-bond acceptors (Lipinski definition) is 2. The van der Waals surface area contributed by atoms with Gasteiger partial charge in [0.25, 0.3) is 0 Å². The van der Waals surface area contributed by atoms with Gasteiger partial charge < -0.3 is 5.32 Å². The summed E-state index contributed by atoms with van der Waals surface area (Å²) < 4.78 is 0. The molecule has 3 atom stereocenters. The lowest BCUT2D eigenvalue weighted by atomic mass is 9.95. The molecule has 2 heteroatoms. The summed E-state index contributed by atoms with van der Waals surface area (Å²) in [6.45, 7) is 8.00. The van der Waals surface area contributed by atoms with Gasteiger partial charge in [-0.25, -0.2) is 0 Å². The van der Waals surface area contributed by atoms with Crippen molar-refractivity contribution in [3.63, 3.8) is 0 Å². The van der Waals surface area contributed by atoms with Crippen LogP contribution in [0.3, 0.4) is 0 Å². The lowest BCUT2D eigenvalue weighted by Crippen LogP contribution is -2.35. The van der Waals surface area contributed by atoms with Crippen LogP contribution in [0.1, 0.15) is 52.9 Å². The van der Waals surface area contributed by atoms with Gasteiger partial charge in [0.15, 0.2) is 0 Å². The Morgan fingerprint density at radius 1 is 1.36 bits per heavy atom. The van der Waals surface area contributed by atoms with Crippen molar-refractivity contribution in [1.29, 1.82) is 0 Å². The fraction of sp³-hybridized carbons (Fsp3) is 1.00. The van der Waals surface area contributed by atoms with Gasteiger partial charge >= 0.3 is 0 Å². The summed E-state index contributed by atoms with van der Waals surface area (Å²) in [6, 6.07) is 0.801. The van der Waals surface area contributed by atoms with Crippen LogP contribution in [-0.4, -0.2) is 23.1 Å². The Balaban J connectivity index is 2.25. The molecule has 1 rings (SSSR count). The fourth-order valence-corrected chi connectivity index (χ4v) is 3.66. The minimum atomic E-state index is 0.801. The van der Waals surface area contributed by atoms with Gasteiger partial charge in [-0.3, -0.25) is 0 Å². The maximum atomic E-state index is 3.59. The van der Waals surface area contributed by atoms with Gasteiger partial charge in [-0.05, 0) is 32.2 Å². The predicted octanol–water partition coefficient (Wildman–Crippen LogP) is 3.44. The SMILES string of the molecule is CCNC1CCCC(SC(C)CC)C1. The molecule has 14 heavy (non-hydrogen) atoms. The van der Waals surface area contributed by atoms with Crippen molar-refractivity contribution >= 4 is 11.8 Å². The molecule has 1 saturated carbocycles. The van der Waals surface area contributed by atoms with Crippen LogP contribution in [0.25, 0.3) is 0 Å². The molecule has 0 spiro atoms. The maximum absolute atomic E-state index is 3.59. The van der Waals surface area contributed by atoms with Crippen molar-refractivity contribution in [3.8, 4) is 0 Å². The lowest BCUT2D eigenvalue weighted by molar-refractivity contribution is 0.387. The highest BCUT2D eigenvalue weighted by molar-refractivity contribution is 8.00. The van der Waals surface area contributed by atoms with Gasteiger partial charge in [0, 0.05) is 16.5 Å². The molecule has 1 aliphatic carbocycles. The molecule has 84 valence electrons. The highest BCUT2D eigenvalue weighted by Gasteiger charge is 2.22. The number of hydrogen-bond donors (Lipinski definition) is 1. The first-order valence-electron chi connectivity index (χ1n) is 6.15. The summed E-state index contributed by atoms with van der Waals surface area (Å²) in [5.74, 6) is 0. The van der Waals surface area contributed by atoms with Crippen molar-refractivity contribution in [2.75, 3.05) is 6.54 Å². The number of nitrogens with one attached hydrogen (secondary N) is 1. The summed E-state index contributed by atoms with van der Waals surface area (Å²) in [7, 11) is 0. The first-order valence-corrected chi connectivity index (χ1v) is 7.09. The molecule has 1 aliphatic rings. The average Bonchev–Trinajstić information content (AvgIpc) is 2.19. The second kappa shape index (κ2) is 6.73. The molecule has 1 fully saturated rings. The van der Waals surface area contributed by atoms with Gasteiger partial charge in [-0.1, -0.05) is 27.2 Å². The first-order chi connectivity index (χ1) is 6.76. The minimum absolute atomic E-state index is 0.801. The molecule has 0 aromatic heterocycles. The van der Waals surface area contributed by atoms with Crippen LogP contribution >= 0.6 is 11.8 Å². The Morgan fingerprint density at radius 2 is 2.14 bits per heavy atom. The highest BCUT2D eigenvalue weighted by atomic mass is 32.2. The van der Waals surface area contributed by atoms with E-state index in [-0.39, 0.29) is 0 Å². The molecular formula is C12H25NS. The second-order valence-electron chi connectivity index (χ2n) is 4.40. The zero-order chi connectivity index (χ0) is 10.4. The summed E-state index contributed by atoms with van der Waals surface area (Å²) in [4.78, 5) is 0. The van der Waals surface area contributed by atoms with Crippen molar-refractivity contribution in [2.24, 2.45) is 0 Å². The maximum Gasteiger partial charge on any atom is 0.00774 e. The molecule has 1 nitrogen and oxygen atoms in total. The number of thioether (sulfide) groups is 1. The van der Waals surface area contributed by atoms with Crippen molar-refractivity contribution < 1.29 is 0 Å². The van der Waals surface area contributed by atoms with Gasteiger partial charge in [-0.15, -0.1) is 0 Å². The number of rotatable bonds is 5. The Bertz CT molecular complexity index is 147. The summed E-state index contributed by atoms with van der Waals surface area (Å²) >= 11 is 2.21. The quantitative estimate of drug-likeness (QED) is 0.754. The van der Waals surface area contributed by atoms with Gasteiger partial charge in [0.05, 0.1) is 0 Å². The van der Waals surface area contributed by atoms with Crippen molar-refractivity contribution in [1.82, 2.24) is 5.32 Å². The van der Waals surface area contributed by atoms with Crippen LogP contribution in [-0.2, 0) is 0 Å². The van der Waals surface area contributed by atoms with E-state index < -0.39 is 0 Å². The largest absolute Gasteiger partial charge is 0.314 e. The smallest absolute Gasteiger partial charge is 0.00774 e. The first kappa shape index (κ1) is 12.4. The van der Waals surface area contributed by atoms with Gasteiger partial charge in [0.1, 0.15) is 0 Å². The normalized spacial score (nSPS) is 30.2. The van der Waals surface area contributed by atoms with Crippen LogP contribution in [0.5, 0.6) is 0 Å². The van der Waals surface area contributed by atoms with Crippen LogP contribution < -0.4 is 5.32 Å². The topological polar surface area (TPSA) is 12.0 Å². The third-order valence-corrected chi connectivity index (χ3v) is 4.73. The van der Waals surface area contributed by atoms with E-state index >= 15 is 0 Å². The van der Waals surface area contributed by atoms with Gasteiger partial charge in [-0.2, -0.15) is 11.8 Å². The Morgan fingerprint density at radius 3 is 2.79 bits per heavy atom. The zero-order valence-electron chi connectivity index (χ0n) is 9.88. The third kappa shape index (κ3) is 4.22. The van der Waals surface area contributed by atoms with E-state index in [0.29, 0.717) is 0 Å². The molecule has 1 N–H and O–H groups in total. The van der Waals surface area contributed by atoms with E-state index in [1.807, 2.05) is 0 Å². The second-order valence-corrected chi connectivity index (χ2v) is 6.14. The predicted molar refractivity (Wildman–Crippen MR) is 67.1 cm³/mol. The molecule has 0 heterocycles. The molecule has 3 unspecified atom stereocenters. The van der Waals surface area contributed by atoms with Crippen LogP contribution in [0.4, 0.5) is 0 Å². The fourth-order valence-electron chi connectivity index (χ4n) is 2.17. The van der Waals surface area contributed by atoms with E-state index in [1.54, 1.807) is 0 Å². The van der Waals surface area contributed by atoms with Crippen LogP contribution in [0.15, 0.2) is 0 Å². The van der Waals surface area contributed by atoms with E-state index in [1.165, 1.54) is 32.1 Å². The summed E-state index contributed by atoms with van der Waals surface area (Å²) in [5, 5.41) is 5.36. The Labute approximate surface area is 93.4 Å². The molecule has 0 aliphatic heterocycles. The van der Waals surface area contributed by atoms with E-state index in [0.717, 1.165) is 23.1 Å². The monoisotopic (exact) mass is 215 g/mol. The molecule has 0 saturated heterocycles. The summed E-state index contributed by atoms with van der Waals surface area (Å²) in [5.41, 5.74) is 0. The minimum Gasteiger partial charge on any atom is -0.314 e. The highest BCUT2D eigenvalue weighted by Crippen LogP contribution is 2.32. The van der Waals surface area contributed by atoms with Crippen LogP contribution in [0, 0.1) is 0 Å². The van der Waals surface area contributed by atoms with Gasteiger partial charge in [0.2, 0.25) is 0 Å². The molecule has 0 radical (unpaired) electrons. The molecule has 0 bridgehead atoms. The van der Waals surface area contributed by atoms with E-state index in [4.69, 9.17) is 0 Å². The molecule has 0 amide bonds. The van der Waals surface area contributed by atoms with E-state index in [9.17, 15) is 0 Å². The average molecular weight is 215 g/mol. The third-order valence-electron chi connectivity index (χ3n) is 3.12. The van der Waals surface area contributed by atoms with E-state index in [2.05, 4.69) is 37.8 Å². The Kier molecular flexibility index (Phi) is 5.95. The molecule has 0 aromatic rings. The standard InChI is InChI=1S/C12H25NS/c1-4-10(3)14-12-8-6-7-11(9-12)13-5-2/h10-13H,4-9H2,1-3H3. The van der Waals surface area contributed by atoms with Crippen molar-refractivity contribution in [3.05, 3.63) is 0 Å². The summed E-state index contributed by atoms with van der Waals surface area (Å²) in [6.07, 6.45) is 6.96. The van der Waals surface area contributed by atoms with Crippen molar-refractivity contribution in [2.45, 2.75) is 69.4 Å². The Hall–Kier alpha value is 0.310. The molecule has 0 aromatic carbocycles. The zero-order valence-corrected chi connectivity index (χ0v) is 10.7. The van der Waals surface area contributed by atoms with Crippen LogP contribution in [0.2, 0.25) is 0 Å².